The van der Waals surface area contributed by atoms with Crippen LogP contribution in [0.4, 0.5) is 74.6 Å². The standard InChI is InChI=1S/C11H9F17N.ClH/c1-29(2,3)11(27,28)9(22,23)7(18,19)5(14,15)4(12,13)6(16,17)8(20,21)10(24,25)26;/h1-3H3;1H/q+1;/p-1. The lowest BCUT2D eigenvalue weighted by Crippen LogP contribution is -3.00. The fraction of sp³-hybridized carbons (Fsp3) is 1.00. The van der Waals surface area contributed by atoms with Gasteiger partial charge in [0.1, 0.15) is 0 Å². The topological polar surface area (TPSA) is 0 Å². The summed E-state index contributed by atoms with van der Waals surface area (Å²) >= 11 is 0. The molecule has 0 bridgehead atoms. The van der Waals surface area contributed by atoms with Crippen molar-refractivity contribution in [2.24, 2.45) is 0 Å². The summed E-state index contributed by atoms with van der Waals surface area (Å²) in [6.07, 6.45) is -7.75. The maximum atomic E-state index is 13.5. The molecule has 0 aromatic carbocycles. The van der Waals surface area contributed by atoms with Crippen LogP contribution in [0.1, 0.15) is 0 Å². The molecule has 0 rings (SSSR count). The third kappa shape index (κ3) is 3.64. The van der Waals surface area contributed by atoms with E-state index in [4.69, 9.17) is 0 Å². The fourth-order valence-corrected chi connectivity index (χ4v) is 1.58. The summed E-state index contributed by atoms with van der Waals surface area (Å²) in [6, 6.07) is -6.43. The maximum Gasteiger partial charge on any atom is 0.461 e. The molecule has 19 heteroatoms. The molecular weight excluding hydrogens is 505 g/mol. The van der Waals surface area contributed by atoms with Crippen LogP contribution < -0.4 is 12.4 Å². The number of hydrogen-bond acceptors (Lipinski definition) is 0. The maximum absolute atomic E-state index is 13.5. The Kier molecular flexibility index (Phi) is 7.60. The number of rotatable bonds is 7. The Bertz CT molecular complexity index is 562. The van der Waals surface area contributed by atoms with Gasteiger partial charge in [0.2, 0.25) is 0 Å². The van der Waals surface area contributed by atoms with Crippen LogP contribution in [-0.4, -0.2) is 73.4 Å². The first-order chi connectivity index (χ1) is 12.0. The Balaban J connectivity index is 0. The minimum Gasteiger partial charge on any atom is -1.00 e. The first kappa shape index (κ1) is 31.2. The monoisotopic (exact) mass is 513 g/mol. The summed E-state index contributed by atoms with van der Waals surface area (Å²) in [7, 11) is -0.188. The summed E-state index contributed by atoms with van der Waals surface area (Å²) in [4.78, 5) is 0. The first-order valence-electron chi connectivity index (χ1n) is 6.53. The largest absolute Gasteiger partial charge is 1.00 e. The molecule has 0 aliphatic carbocycles. The number of halogens is 18. The van der Waals surface area contributed by atoms with Gasteiger partial charge < -0.3 is 12.4 Å². The predicted octanol–water partition coefficient (Wildman–Crippen LogP) is 2.66. The molecule has 1 nitrogen and oxygen atoms in total. The zero-order valence-electron chi connectivity index (χ0n) is 14.3. The second-order valence-electron chi connectivity index (χ2n) is 6.50. The van der Waals surface area contributed by atoms with Gasteiger partial charge in [-0.1, -0.05) is 0 Å². The molecule has 0 fully saturated rings. The fourth-order valence-electron chi connectivity index (χ4n) is 1.58. The van der Waals surface area contributed by atoms with Crippen LogP contribution in [0.25, 0.3) is 0 Å². The molecule has 0 saturated heterocycles. The van der Waals surface area contributed by atoms with Crippen molar-refractivity contribution < 1.29 is 91.5 Å². The Morgan fingerprint density at radius 1 is 0.367 bits per heavy atom. The van der Waals surface area contributed by atoms with Crippen molar-refractivity contribution in [3.05, 3.63) is 0 Å². The van der Waals surface area contributed by atoms with Crippen molar-refractivity contribution in [1.29, 1.82) is 0 Å². The summed E-state index contributed by atoms with van der Waals surface area (Å²) < 4.78 is 217. The zero-order chi connectivity index (χ0) is 24.5. The van der Waals surface area contributed by atoms with Gasteiger partial charge in [0, 0.05) is 0 Å². The number of hydrogen-bond donors (Lipinski definition) is 0. The van der Waals surface area contributed by atoms with E-state index in [1.54, 1.807) is 0 Å². The highest BCUT2D eigenvalue weighted by Crippen LogP contribution is 2.64. The number of quaternary nitrogens is 1. The highest BCUT2D eigenvalue weighted by Gasteiger charge is 2.96. The SMILES string of the molecule is C[N+](C)(C)C(F)(F)C(F)(F)C(F)(F)C(F)(F)C(F)(F)C(F)(F)C(F)(F)C(F)(F)F.[Cl-]. The molecule has 0 radical (unpaired) electrons. The van der Waals surface area contributed by atoms with Crippen LogP contribution in [0.15, 0.2) is 0 Å². The molecule has 184 valence electrons. The average molecular weight is 514 g/mol. The molecule has 0 N–H and O–H groups in total. The normalized spacial score (nSPS) is 16.4. The van der Waals surface area contributed by atoms with Crippen molar-refractivity contribution in [3.8, 4) is 0 Å². The molecule has 0 atom stereocenters. The quantitative estimate of drug-likeness (QED) is 0.279. The summed E-state index contributed by atoms with van der Waals surface area (Å²) in [5.74, 6) is -49.6. The molecule has 0 saturated carbocycles. The van der Waals surface area contributed by atoms with Gasteiger partial charge in [-0.05, 0) is 0 Å². The third-order valence-corrected chi connectivity index (χ3v) is 3.55. The van der Waals surface area contributed by atoms with E-state index in [9.17, 15) is 74.6 Å². The van der Waals surface area contributed by atoms with Crippen LogP contribution in [0.2, 0.25) is 0 Å². The van der Waals surface area contributed by atoms with Crippen LogP contribution in [0.3, 0.4) is 0 Å². The summed E-state index contributed by atoms with van der Waals surface area (Å²) in [6.45, 7) is 0. The Hall–Kier alpha value is -0.940. The lowest BCUT2D eigenvalue weighted by Gasteiger charge is -2.44. The van der Waals surface area contributed by atoms with Gasteiger partial charge in [-0.3, -0.25) is 4.48 Å². The Labute approximate surface area is 161 Å². The van der Waals surface area contributed by atoms with Crippen LogP contribution in [0.5, 0.6) is 0 Å². The molecule has 0 spiro atoms. The summed E-state index contributed by atoms with van der Waals surface area (Å²) in [5, 5.41) is 0. The van der Waals surface area contributed by atoms with E-state index in [0.29, 0.717) is 0 Å². The van der Waals surface area contributed by atoms with Gasteiger partial charge in [0.05, 0.1) is 21.1 Å². The molecule has 0 aliphatic rings. The van der Waals surface area contributed by atoms with Crippen molar-refractivity contribution in [1.82, 2.24) is 0 Å². The number of nitrogens with zero attached hydrogens (tertiary/aromatic N) is 1. The van der Waals surface area contributed by atoms with E-state index in [1.807, 2.05) is 0 Å². The molecule has 0 aromatic rings. The van der Waals surface area contributed by atoms with Gasteiger partial charge in [-0.15, -0.1) is 8.78 Å². The second kappa shape index (κ2) is 7.30. The van der Waals surface area contributed by atoms with Crippen molar-refractivity contribution in [3.63, 3.8) is 0 Å². The van der Waals surface area contributed by atoms with Gasteiger partial charge in [-0.2, -0.15) is 65.9 Å². The minimum atomic E-state index is -8.59. The van der Waals surface area contributed by atoms with Crippen molar-refractivity contribution in [2.75, 3.05) is 21.1 Å². The minimum absolute atomic E-state index is 0. The van der Waals surface area contributed by atoms with Crippen LogP contribution in [0, 0.1) is 0 Å². The Morgan fingerprint density at radius 3 is 0.767 bits per heavy atom. The highest BCUT2D eigenvalue weighted by atomic mass is 35.5. The lowest BCUT2D eigenvalue weighted by molar-refractivity contribution is -0.975. The molecule has 0 heterocycles. The molecule has 0 aliphatic heterocycles. The van der Waals surface area contributed by atoms with Gasteiger partial charge >= 0.3 is 47.8 Å². The smallest absolute Gasteiger partial charge is 0.461 e. The third-order valence-electron chi connectivity index (χ3n) is 3.55. The highest BCUT2D eigenvalue weighted by molar-refractivity contribution is 5.14. The van der Waals surface area contributed by atoms with Crippen molar-refractivity contribution >= 4 is 0 Å². The first-order valence-corrected chi connectivity index (χ1v) is 6.53. The average Bonchev–Trinajstić information content (AvgIpc) is 2.43. The van der Waals surface area contributed by atoms with E-state index < -0.39 is 52.2 Å². The molecule has 30 heavy (non-hydrogen) atoms. The van der Waals surface area contributed by atoms with E-state index in [2.05, 4.69) is 0 Å². The molecular formula is C11H9ClF17N. The Morgan fingerprint density at radius 2 is 0.567 bits per heavy atom. The zero-order valence-corrected chi connectivity index (χ0v) is 15.0. The second-order valence-corrected chi connectivity index (χ2v) is 6.50. The van der Waals surface area contributed by atoms with E-state index in [-0.39, 0.29) is 33.6 Å². The predicted molar refractivity (Wildman–Crippen MR) is 58.7 cm³/mol. The summed E-state index contributed by atoms with van der Waals surface area (Å²) in [5.41, 5.74) is 0. The van der Waals surface area contributed by atoms with E-state index >= 15 is 0 Å². The van der Waals surface area contributed by atoms with Crippen molar-refractivity contribution in [2.45, 2.75) is 47.8 Å². The van der Waals surface area contributed by atoms with Gasteiger partial charge in [-0.25, -0.2) is 0 Å². The number of alkyl halides is 17. The molecule has 0 aromatic heterocycles. The van der Waals surface area contributed by atoms with Crippen LogP contribution >= 0.6 is 0 Å². The molecule has 0 amide bonds. The van der Waals surface area contributed by atoms with Gasteiger partial charge in [0.25, 0.3) is 0 Å². The van der Waals surface area contributed by atoms with E-state index in [0.717, 1.165) is 0 Å². The van der Waals surface area contributed by atoms with Gasteiger partial charge in [0.15, 0.2) is 0 Å². The molecule has 0 unspecified atom stereocenters. The lowest BCUT2D eigenvalue weighted by atomic mass is 9.90. The van der Waals surface area contributed by atoms with E-state index in [1.165, 1.54) is 0 Å². The van der Waals surface area contributed by atoms with Crippen LogP contribution in [-0.2, 0) is 0 Å².